The fourth-order valence-electron chi connectivity index (χ4n) is 1.84. The Bertz CT molecular complexity index is 712. The molecule has 1 heterocycles. The Morgan fingerprint density at radius 1 is 1.17 bits per heavy atom. The van der Waals surface area contributed by atoms with E-state index in [0.29, 0.717) is 11.7 Å². The van der Waals surface area contributed by atoms with Gasteiger partial charge in [0.1, 0.15) is 5.75 Å². The maximum Gasteiger partial charge on any atom is 0.377 e. The molecule has 0 aliphatic heterocycles. The lowest BCUT2D eigenvalue weighted by Crippen LogP contribution is -2.30. The van der Waals surface area contributed by atoms with Gasteiger partial charge < -0.3 is 9.47 Å². The predicted molar refractivity (Wildman–Crippen MR) is 90.5 cm³/mol. The van der Waals surface area contributed by atoms with Crippen molar-refractivity contribution in [1.29, 1.82) is 0 Å². The molecule has 0 radical (unpaired) electrons. The van der Waals surface area contributed by atoms with Crippen LogP contribution in [0.25, 0.3) is 0 Å². The van der Waals surface area contributed by atoms with E-state index in [1.165, 1.54) is 12.7 Å². The molecule has 7 nitrogen and oxygen atoms in total. The zero-order chi connectivity index (χ0) is 17.7. The summed E-state index contributed by atoms with van der Waals surface area (Å²) >= 11 is 0.901. The van der Waals surface area contributed by atoms with Gasteiger partial charge in [-0.05, 0) is 30.5 Å². The first-order valence-electron chi connectivity index (χ1n) is 7.40. The highest BCUT2D eigenvalue weighted by atomic mass is 32.1. The second-order valence-corrected chi connectivity index (χ2v) is 6.14. The number of benzene rings is 1. The SMILES string of the molecule is COC(=O)c1nsc(NC(=O)C(C)Oc2ccc(C(C)C)cc2)n1. The number of amides is 1. The van der Waals surface area contributed by atoms with Gasteiger partial charge in [0.05, 0.1) is 7.11 Å². The summed E-state index contributed by atoms with van der Waals surface area (Å²) in [6.07, 6.45) is -0.722. The number of aromatic nitrogens is 2. The molecular weight excluding hydrogens is 330 g/mol. The van der Waals surface area contributed by atoms with Gasteiger partial charge >= 0.3 is 5.97 Å². The second kappa shape index (κ2) is 7.87. The Kier molecular flexibility index (Phi) is 5.86. The van der Waals surface area contributed by atoms with Gasteiger partial charge in [-0.2, -0.15) is 9.36 Å². The number of methoxy groups -OCH3 is 1. The Balaban J connectivity index is 1.94. The average Bonchev–Trinajstić information content (AvgIpc) is 3.03. The van der Waals surface area contributed by atoms with Crippen molar-refractivity contribution in [1.82, 2.24) is 9.36 Å². The fraction of sp³-hybridized carbons (Fsp3) is 0.375. The number of hydrogen-bond acceptors (Lipinski definition) is 7. The number of esters is 1. The molecule has 1 unspecified atom stereocenters. The third-order valence-corrected chi connectivity index (χ3v) is 3.88. The van der Waals surface area contributed by atoms with E-state index in [1.54, 1.807) is 6.92 Å². The van der Waals surface area contributed by atoms with Gasteiger partial charge in [0.25, 0.3) is 11.7 Å². The lowest BCUT2D eigenvalue weighted by molar-refractivity contribution is -0.122. The van der Waals surface area contributed by atoms with Crippen molar-refractivity contribution in [2.75, 3.05) is 12.4 Å². The second-order valence-electron chi connectivity index (χ2n) is 5.39. The van der Waals surface area contributed by atoms with Gasteiger partial charge in [-0.15, -0.1) is 0 Å². The molecule has 0 bridgehead atoms. The van der Waals surface area contributed by atoms with Crippen molar-refractivity contribution in [3.8, 4) is 5.75 Å². The van der Waals surface area contributed by atoms with Crippen LogP contribution in [0, 0.1) is 0 Å². The number of rotatable bonds is 6. The van der Waals surface area contributed by atoms with Crippen molar-refractivity contribution in [3.05, 3.63) is 35.7 Å². The van der Waals surface area contributed by atoms with Crippen LogP contribution in [0.15, 0.2) is 24.3 Å². The molecule has 0 saturated heterocycles. The van der Waals surface area contributed by atoms with Crippen LogP contribution >= 0.6 is 11.5 Å². The highest BCUT2D eigenvalue weighted by molar-refractivity contribution is 7.10. The van der Waals surface area contributed by atoms with E-state index in [1.807, 2.05) is 24.3 Å². The van der Waals surface area contributed by atoms with Crippen molar-refractivity contribution in [2.45, 2.75) is 32.8 Å². The van der Waals surface area contributed by atoms with E-state index in [9.17, 15) is 9.59 Å². The Morgan fingerprint density at radius 3 is 2.42 bits per heavy atom. The standard InChI is InChI=1S/C16H19N3O4S/c1-9(2)11-5-7-12(8-6-11)23-10(3)14(20)18-16-17-13(19-24-16)15(21)22-4/h5-10H,1-4H3,(H,17,18,19,20). The van der Waals surface area contributed by atoms with E-state index in [4.69, 9.17) is 4.74 Å². The van der Waals surface area contributed by atoms with Gasteiger partial charge in [0.15, 0.2) is 6.10 Å². The minimum absolute atomic E-state index is 0.0874. The lowest BCUT2D eigenvalue weighted by Gasteiger charge is -2.14. The summed E-state index contributed by atoms with van der Waals surface area (Å²) < 4.78 is 13.9. The van der Waals surface area contributed by atoms with Crippen LogP contribution in [0.1, 0.15) is 42.9 Å². The number of hydrogen-bond donors (Lipinski definition) is 1. The van der Waals surface area contributed by atoms with Crippen molar-refractivity contribution < 1.29 is 19.1 Å². The minimum atomic E-state index is -0.722. The van der Waals surface area contributed by atoms with E-state index >= 15 is 0 Å². The molecule has 1 aromatic carbocycles. The molecule has 1 aromatic heterocycles. The number of carbonyl (C=O) groups excluding carboxylic acids is 2. The number of anilines is 1. The Hall–Kier alpha value is -2.48. The van der Waals surface area contributed by atoms with Gasteiger partial charge in [0.2, 0.25) is 5.13 Å². The molecule has 2 aromatic rings. The van der Waals surface area contributed by atoms with Crippen molar-refractivity contribution in [2.24, 2.45) is 0 Å². The Labute approximate surface area is 144 Å². The maximum absolute atomic E-state index is 12.1. The third-order valence-electron chi connectivity index (χ3n) is 3.25. The molecule has 128 valence electrons. The van der Waals surface area contributed by atoms with E-state index in [2.05, 4.69) is 33.3 Å². The zero-order valence-corrected chi connectivity index (χ0v) is 14.7. The van der Waals surface area contributed by atoms with E-state index in [0.717, 1.165) is 11.5 Å². The maximum atomic E-state index is 12.1. The first kappa shape index (κ1) is 17.9. The van der Waals surface area contributed by atoms with Crippen LogP contribution in [0.5, 0.6) is 5.75 Å². The summed E-state index contributed by atoms with van der Waals surface area (Å²) in [6, 6.07) is 7.61. The van der Waals surface area contributed by atoms with Gasteiger partial charge in [-0.3, -0.25) is 10.1 Å². The summed E-state index contributed by atoms with van der Waals surface area (Å²) in [4.78, 5) is 27.3. The van der Waals surface area contributed by atoms with Crippen LogP contribution < -0.4 is 10.1 Å². The summed E-state index contributed by atoms with van der Waals surface area (Å²) in [6.45, 7) is 5.85. The van der Waals surface area contributed by atoms with Crippen molar-refractivity contribution >= 4 is 28.5 Å². The molecule has 2 rings (SSSR count). The predicted octanol–water partition coefficient (Wildman–Crippen LogP) is 2.85. The highest BCUT2D eigenvalue weighted by Gasteiger charge is 2.19. The normalized spacial score (nSPS) is 11.9. The van der Waals surface area contributed by atoms with Gasteiger partial charge in [0, 0.05) is 11.5 Å². The molecule has 0 aliphatic carbocycles. The molecule has 1 amide bonds. The topological polar surface area (TPSA) is 90.4 Å². The van der Waals surface area contributed by atoms with Crippen LogP contribution in [0.2, 0.25) is 0 Å². The molecule has 1 atom stereocenters. The number of ether oxygens (including phenoxy) is 2. The summed E-state index contributed by atoms with van der Waals surface area (Å²) in [5, 5.41) is 2.78. The molecule has 0 fully saturated rings. The molecule has 0 spiro atoms. The van der Waals surface area contributed by atoms with Crippen LogP contribution in [-0.2, 0) is 9.53 Å². The summed E-state index contributed by atoms with van der Waals surface area (Å²) in [5.74, 6) is -0.0804. The quantitative estimate of drug-likeness (QED) is 0.807. The number of carbonyl (C=O) groups is 2. The summed E-state index contributed by atoms with van der Waals surface area (Å²) in [5.41, 5.74) is 1.20. The van der Waals surface area contributed by atoms with Crippen molar-refractivity contribution in [3.63, 3.8) is 0 Å². The zero-order valence-electron chi connectivity index (χ0n) is 13.9. The Morgan fingerprint density at radius 2 is 1.83 bits per heavy atom. The van der Waals surface area contributed by atoms with Gasteiger partial charge in [-0.1, -0.05) is 26.0 Å². The fourth-order valence-corrected chi connectivity index (χ4v) is 2.41. The molecular formula is C16H19N3O4S. The number of nitrogens with zero attached hydrogens (tertiary/aromatic N) is 2. The molecule has 0 saturated carbocycles. The lowest BCUT2D eigenvalue weighted by atomic mass is 10.0. The van der Waals surface area contributed by atoms with E-state index in [-0.39, 0.29) is 16.9 Å². The van der Waals surface area contributed by atoms with Gasteiger partial charge in [-0.25, -0.2) is 4.79 Å². The molecule has 8 heteroatoms. The monoisotopic (exact) mass is 349 g/mol. The number of nitrogens with one attached hydrogen (secondary N) is 1. The van der Waals surface area contributed by atoms with Crippen LogP contribution in [-0.4, -0.2) is 34.4 Å². The van der Waals surface area contributed by atoms with E-state index < -0.39 is 12.1 Å². The first-order chi connectivity index (χ1) is 11.4. The molecule has 1 N–H and O–H groups in total. The molecule has 24 heavy (non-hydrogen) atoms. The minimum Gasteiger partial charge on any atom is -0.481 e. The smallest absolute Gasteiger partial charge is 0.377 e. The van der Waals surface area contributed by atoms with Crippen LogP contribution in [0.3, 0.4) is 0 Å². The largest absolute Gasteiger partial charge is 0.481 e. The average molecular weight is 349 g/mol. The first-order valence-corrected chi connectivity index (χ1v) is 8.17. The van der Waals surface area contributed by atoms with Crippen LogP contribution in [0.4, 0.5) is 5.13 Å². The highest BCUT2D eigenvalue weighted by Crippen LogP contribution is 2.20. The summed E-state index contributed by atoms with van der Waals surface area (Å²) in [7, 11) is 1.24. The molecule has 0 aliphatic rings. The third kappa shape index (κ3) is 4.51.